The van der Waals surface area contributed by atoms with Gasteiger partial charge in [0, 0.05) is 16.5 Å². The van der Waals surface area contributed by atoms with Gasteiger partial charge in [-0.05, 0) is 38.0 Å². The lowest BCUT2D eigenvalue weighted by molar-refractivity contribution is -0.0535. The van der Waals surface area contributed by atoms with E-state index in [1.807, 2.05) is 0 Å². The van der Waals surface area contributed by atoms with E-state index in [9.17, 15) is 9.50 Å². The number of rotatable bonds is 4. The molecule has 3 N–H and O–H groups in total. The van der Waals surface area contributed by atoms with Crippen molar-refractivity contribution in [2.24, 2.45) is 0 Å². The van der Waals surface area contributed by atoms with E-state index >= 15 is 8.78 Å². The van der Waals surface area contributed by atoms with E-state index in [1.165, 1.54) is 42.1 Å². The Morgan fingerprint density at radius 2 is 1.83 bits per heavy atom. The van der Waals surface area contributed by atoms with Crippen LogP contribution in [0.25, 0.3) is 38.3 Å². The molecule has 0 aliphatic heterocycles. The highest BCUT2D eigenvalue weighted by molar-refractivity contribution is 5.94. The largest absolute Gasteiger partial charge is 0.493 e. The average molecular weight is 479 g/mol. The zero-order valence-corrected chi connectivity index (χ0v) is 18.8. The molecule has 0 radical (unpaired) electrons. The smallest absolute Gasteiger partial charge is 0.254 e. The van der Waals surface area contributed by atoms with Crippen molar-refractivity contribution < 1.29 is 23.0 Å². The molecule has 35 heavy (non-hydrogen) atoms. The third kappa shape index (κ3) is 3.47. The Balaban J connectivity index is 1.73. The van der Waals surface area contributed by atoms with Gasteiger partial charge in [0.15, 0.2) is 17.4 Å². The van der Waals surface area contributed by atoms with Gasteiger partial charge in [-0.3, -0.25) is 4.68 Å². The summed E-state index contributed by atoms with van der Waals surface area (Å²) in [4.78, 5) is 7.57. The average Bonchev–Trinajstić information content (AvgIpc) is 3.13. The molecule has 2 heterocycles. The van der Waals surface area contributed by atoms with Crippen LogP contribution in [0.5, 0.6) is 5.75 Å². The molecule has 2 aromatic heterocycles. The molecule has 0 spiro atoms. The third-order valence-electron chi connectivity index (χ3n) is 6.31. The summed E-state index contributed by atoms with van der Waals surface area (Å²) in [7, 11) is 1.22. The standard InChI is InChI=1S/C25H20F3N5O2/c1-25(34)10-12(11-25)33-24(29)22(30-2)21(32-33)14-8-9-15-20(17(14)27)31-19(18(28)23(15)35-3)13-6-4-5-7-16(13)26/h4-9,12,34H,10-11,29H2,1,3H3. The van der Waals surface area contributed by atoms with Crippen molar-refractivity contribution in [3.63, 3.8) is 0 Å². The quantitative estimate of drug-likeness (QED) is 0.382. The van der Waals surface area contributed by atoms with E-state index in [1.54, 1.807) is 6.92 Å². The van der Waals surface area contributed by atoms with Crippen LogP contribution in [0.3, 0.4) is 0 Å². The molecule has 4 aromatic rings. The number of nitrogens with zero attached hydrogens (tertiary/aromatic N) is 4. The van der Waals surface area contributed by atoms with Crippen molar-refractivity contribution in [3.8, 4) is 28.3 Å². The summed E-state index contributed by atoms with van der Waals surface area (Å²) in [6.45, 7) is 9.26. The second-order valence-electron chi connectivity index (χ2n) is 8.81. The van der Waals surface area contributed by atoms with Crippen LogP contribution >= 0.6 is 0 Å². The van der Waals surface area contributed by atoms with E-state index < -0.39 is 28.7 Å². The van der Waals surface area contributed by atoms with Crippen LogP contribution < -0.4 is 10.5 Å². The fraction of sp³-hybridized carbons (Fsp3) is 0.240. The molecule has 1 saturated carbocycles. The molecule has 0 amide bonds. The van der Waals surface area contributed by atoms with Crippen molar-refractivity contribution >= 4 is 22.4 Å². The molecule has 0 unspecified atom stereocenters. The van der Waals surface area contributed by atoms with Gasteiger partial charge in [-0.15, -0.1) is 0 Å². The number of ether oxygens (including phenoxy) is 1. The summed E-state index contributed by atoms with van der Waals surface area (Å²) in [6.07, 6.45) is 0.778. The van der Waals surface area contributed by atoms with Crippen molar-refractivity contribution in [1.82, 2.24) is 14.8 Å². The summed E-state index contributed by atoms with van der Waals surface area (Å²) >= 11 is 0. The van der Waals surface area contributed by atoms with Gasteiger partial charge < -0.3 is 15.6 Å². The van der Waals surface area contributed by atoms with Crippen LogP contribution in [0.4, 0.5) is 24.7 Å². The number of hydrogen-bond acceptors (Lipinski definition) is 5. The maximum Gasteiger partial charge on any atom is 0.254 e. The van der Waals surface area contributed by atoms with Crippen molar-refractivity contribution in [2.75, 3.05) is 12.8 Å². The molecular weight excluding hydrogens is 459 g/mol. The molecule has 7 nitrogen and oxygen atoms in total. The highest BCUT2D eigenvalue weighted by atomic mass is 19.1. The highest BCUT2D eigenvalue weighted by Crippen LogP contribution is 2.46. The maximum atomic E-state index is 15.9. The van der Waals surface area contributed by atoms with Gasteiger partial charge in [0.2, 0.25) is 0 Å². The number of hydrogen-bond donors (Lipinski definition) is 2. The first-order valence-electron chi connectivity index (χ1n) is 10.8. The van der Waals surface area contributed by atoms with E-state index in [-0.39, 0.29) is 51.0 Å². The van der Waals surface area contributed by atoms with Gasteiger partial charge >= 0.3 is 0 Å². The number of aliphatic hydroxyl groups is 1. The predicted octanol–water partition coefficient (Wildman–Crippen LogP) is 5.41. The first kappa shape index (κ1) is 22.7. The van der Waals surface area contributed by atoms with Crippen molar-refractivity contribution in [3.05, 3.63) is 65.3 Å². The predicted molar refractivity (Wildman–Crippen MR) is 124 cm³/mol. The van der Waals surface area contributed by atoms with Gasteiger partial charge in [0.05, 0.1) is 25.3 Å². The van der Waals surface area contributed by atoms with Crippen LogP contribution in [0.1, 0.15) is 25.8 Å². The highest BCUT2D eigenvalue weighted by Gasteiger charge is 2.41. The summed E-state index contributed by atoms with van der Waals surface area (Å²) < 4.78 is 52.2. The number of fused-ring (bicyclic) bond motifs is 1. The Kier molecular flexibility index (Phi) is 5.18. The summed E-state index contributed by atoms with van der Waals surface area (Å²) in [6, 6.07) is 7.96. The van der Waals surface area contributed by atoms with Crippen LogP contribution in [-0.2, 0) is 0 Å². The second kappa shape index (κ2) is 7.99. The molecule has 1 aliphatic carbocycles. The van der Waals surface area contributed by atoms with Crippen molar-refractivity contribution in [2.45, 2.75) is 31.4 Å². The van der Waals surface area contributed by atoms with E-state index in [2.05, 4.69) is 14.9 Å². The normalized spacial score (nSPS) is 19.4. The number of halogens is 3. The summed E-state index contributed by atoms with van der Waals surface area (Å²) in [5.41, 5.74) is 4.36. The topological polar surface area (TPSA) is 90.5 Å². The Labute approximate surface area is 198 Å². The molecule has 10 heteroatoms. The van der Waals surface area contributed by atoms with E-state index in [0.717, 1.165) is 6.07 Å². The third-order valence-corrected chi connectivity index (χ3v) is 6.31. The molecule has 0 saturated heterocycles. The number of anilines is 1. The first-order valence-corrected chi connectivity index (χ1v) is 10.8. The minimum Gasteiger partial charge on any atom is -0.493 e. The maximum absolute atomic E-state index is 15.9. The number of pyridine rings is 1. The zero-order valence-electron chi connectivity index (χ0n) is 18.8. The Morgan fingerprint density at radius 3 is 2.46 bits per heavy atom. The SMILES string of the molecule is [C-]#[N+]c1c(-c2ccc3c(OC)c(F)c(-c4ccccc4F)nc3c2F)nn(C2CC(C)(O)C2)c1N. The molecule has 178 valence electrons. The lowest BCUT2D eigenvalue weighted by Crippen LogP contribution is -2.42. The fourth-order valence-electron chi connectivity index (χ4n) is 4.60. The minimum absolute atomic E-state index is 0.000904. The monoisotopic (exact) mass is 479 g/mol. The number of benzene rings is 2. The molecule has 1 fully saturated rings. The molecule has 2 aromatic carbocycles. The number of nitrogen functional groups attached to an aromatic ring is 1. The molecule has 0 bridgehead atoms. The lowest BCUT2D eigenvalue weighted by atomic mass is 9.77. The molecule has 0 atom stereocenters. The second-order valence-corrected chi connectivity index (χ2v) is 8.81. The van der Waals surface area contributed by atoms with Gasteiger partial charge in [-0.25, -0.2) is 23.0 Å². The Bertz CT molecular complexity index is 1530. The van der Waals surface area contributed by atoms with Gasteiger partial charge in [-0.1, -0.05) is 18.2 Å². The lowest BCUT2D eigenvalue weighted by Gasteiger charge is -2.41. The fourth-order valence-corrected chi connectivity index (χ4v) is 4.60. The zero-order chi connectivity index (χ0) is 25.1. The van der Waals surface area contributed by atoms with Crippen LogP contribution in [0.15, 0.2) is 36.4 Å². The van der Waals surface area contributed by atoms with Crippen LogP contribution in [0.2, 0.25) is 0 Å². The first-order chi connectivity index (χ1) is 16.7. The van der Waals surface area contributed by atoms with E-state index in [0.29, 0.717) is 12.8 Å². The molecule has 1 aliphatic rings. The van der Waals surface area contributed by atoms with Gasteiger partial charge in [0.25, 0.3) is 5.69 Å². The number of aromatic nitrogens is 3. The summed E-state index contributed by atoms with van der Waals surface area (Å²) in [5.74, 6) is -2.76. The number of methoxy groups -OCH3 is 1. The Morgan fingerprint density at radius 1 is 1.11 bits per heavy atom. The van der Waals surface area contributed by atoms with Gasteiger partial charge in [-0.2, -0.15) is 5.10 Å². The van der Waals surface area contributed by atoms with Crippen molar-refractivity contribution in [1.29, 1.82) is 0 Å². The summed E-state index contributed by atoms with van der Waals surface area (Å²) in [5, 5.41) is 14.5. The van der Waals surface area contributed by atoms with Crippen LogP contribution in [-0.4, -0.2) is 32.6 Å². The van der Waals surface area contributed by atoms with E-state index in [4.69, 9.17) is 17.0 Å². The van der Waals surface area contributed by atoms with Gasteiger partial charge in [0.1, 0.15) is 28.5 Å². The Hall–Kier alpha value is -4.10. The number of nitrogens with two attached hydrogens (primary N) is 1. The van der Waals surface area contributed by atoms with Crippen LogP contribution in [0, 0.1) is 24.0 Å². The molecular formula is C25H20F3N5O2. The molecule has 5 rings (SSSR count). The minimum atomic E-state index is -0.926.